The second-order valence-electron chi connectivity index (χ2n) is 3.40. The molecular weight excluding hydrogens is 270 g/mol. The quantitative estimate of drug-likeness (QED) is 0.859. The summed E-state index contributed by atoms with van der Waals surface area (Å²) >= 11 is 1.22. The lowest BCUT2D eigenvalue weighted by molar-refractivity contribution is 0.594. The number of rotatable bonds is 3. The fourth-order valence-electron chi connectivity index (χ4n) is 1.41. The molecule has 0 amide bonds. The van der Waals surface area contributed by atoms with Crippen LogP contribution in [0.5, 0.6) is 0 Å². The van der Waals surface area contributed by atoms with E-state index in [0.717, 1.165) is 4.31 Å². The largest absolute Gasteiger partial charge is 0.267 e. The summed E-state index contributed by atoms with van der Waals surface area (Å²) in [5, 5.41) is 11.0. The minimum atomic E-state index is -3.75. The molecule has 0 bridgehead atoms. The third-order valence-corrected chi connectivity index (χ3v) is 5.10. The van der Waals surface area contributed by atoms with E-state index in [4.69, 9.17) is 5.26 Å². The monoisotopic (exact) mass is 279 g/mol. The van der Waals surface area contributed by atoms with Gasteiger partial charge in [-0.15, -0.1) is 11.3 Å². The molecule has 5 nitrogen and oxygen atoms in total. The molecule has 0 N–H and O–H groups in total. The Bertz CT molecular complexity index is 687. The lowest BCUT2D eigenvalue weighted by atomic mass is 10.2. The van der Waals surface area contributed by atoms with E-state index < -0.39 is 10.0 Å². The van der Waals surface area contributed by atoms with Crippen LogP contribution in [0.4, 0.5) is 5.13 Å². The van der Waals surface area contributed by atoms with Crippen molar-refractivity contribution in [1.82, 2.24) is 4.98 Å². The minimum absolute atomic E-state index is 0.00907. The highest BCUT2D eigenvalue weighted by atomic mass is 32.2. The number of benzene rings is 1. The Hall–Kier alpha value is -1.91. The molecule has 0 aliphatic carbocycles. The number of sulfonamides is 1. The van der Waals surface area contributed by atoms with Gasteiger partial charge in [-0.05, 0) is 12.1 Å². The summed E-state index contributed by atoms with van der Waals surface area (Å²) in [5.74, 6) is 0. The first-order valence-electron chi connectivity index (χ1n) is 4.95. The normalized spacial score (nSPS) is 10.9. The van der Waals surface area contributed by atoms with Gasteiger partial charge >= 0.3 is 0 Å². The van der Waals surface area contributed by atoms with E-state index in [1.54, 1.807) is 17.5 Å². The third kappa shape index (κ3) is 2.08. The summed E-state index contributed by atoms with van der Waals surface area (Å²) < 4.78 is 25.8. The lowest BCUT2D eigenvalue weighted by Gasteiger charge is -2.16. The molecule has 0 aliphatic rings. The van der Waals surface area contributed by atoms with Gasteiger partial charge in [-0.3, -0.25) is 0 Å². The Balaban J connectivity index is 2.53. The van der Waals surface area contributed by atoms with Crippen molar-refractivity contribution in [2.75, 3.05) is 11.4 Å². The number of hydrogen-bond acceptors (Lipinski definition) is 5. The van der Waals surface area contributed by atoms with E-state index >= 15 is 0 Å². The summed E-state index contributed by atoms with van der Waals surface area (Å²) in [7, 11) is -2.33. The van der Waals surface area contributed by atoms with Crippen molar-refractivity contribution in [3.63, 3.8) is 0 Å². The van der Waals surface area contributed by atoms with Crippen LogP contribution in [0, 0.1) is 11.3 Å². The highest BCUT2D eigenvalue weighted by molar-refractivity contribution is 7.93. The Morgan fingerprint density at radius 3 is 2.72 bits per heavy atom. The van der Waals surface area contributed by atoms with Crippen molar-refractivity contribution in [2.45, 2.75) is 4.90 Å². The molecule has 0 unspecified atom stereocenters. The fraction of sp³-hybridized carbons (Fsp3) is 0.0909. The van der Waals surface area contributed by atoms with Gasteiger partial charge in [0, 0.05) is 18.6 Å². The minimum Gasteiger partial charge on any atom is -0.244 e. The Labute approximate surface area is 109 Å². The van der Waals surface area contributed by atoms with E-state index in [9.17, 15) is 8.42 Å². The molecule has 1 heterocycles. The summed E-state index contributed by atoms with van der Waals surface area (Å²) in [6.07, 6.45) is 1.53. The van der Waals surface area contributed by atoms with Crippen molar-refractivity contribution in [3.8, 4) is 6.07 Å². The number of aromatic nitrogens is 1. The molecule has 18 heavy (non-hydrogen) atoms. The smallest absolute Gasteiger partial charge is 0.244 e. The maximum Gasteiger partial charge on any atom is 0.267 e. The number of anilines is 1. The van der Waals surface area contributed by atoms with E-state index in [1.807, 2.05) is 6.07 Å². The molecule has 0 saturated carbocycles. The molecule has 1 aromatic carbocycles. The highest BCUT2D eigenvalue weighted by Gasteiger charge is 2.25. The molecule has 0 atom stereocenters. The second kappa shape index (κ2) is 4.76. The summed E-state index contributed by atoms with van der Waals surface area (Å²) in [6.45, 7) is 0. The van der Waals surface area contributed by atoms with Crippen molar-refractivity contribution in [1.29, 1.82) is 5.26 Å². The third-order valence-electron chi connectivity index (χ3n) is 2.33. The highest BCUT2D eigenvalue weighted by Crippen LogP contribution is 2.25. The van der Waals surface area contributed by atoms with Crippen LogP contribution in [0.25, 0.3) is 0 Å². The fourth-order valence-corrected chi connectivity index (χ4v) is 3.53. The van der Waals surface area contributed by atoms with Gasteiger partial charge in [0.15, 0.2) is 5.13 Å². The van der Waals surface area contributed by atoms with E-state index in [1.165, 1.54) is 36.7 Å². The average molecular weight is 279 g/mol. The molecular formula is C11H9N3O2S2. The topological polar surface area (TPSA) is 74.1 Å². The van der Waals surface area contributed by atoms with Gasteiger partial charge in [0.25, 0.3) is 10.0 Å². The zero-order valence-corrected chi connectivity index (χ0v) is 11.1. The zero-order chi connectivity index (χ0) is 13.2. The molecule has 7 heteroatoms. The van der Waals surface area contributed by atoms with Crippen LogP contribution in [-0.4, -0.2) is 20.4 Å². The average Bonchev–Trinajstić information content (AvgIpc) is 2.91. The van der Waals surface area contributed by atoms with Crippen LogP contribution in [0.1, 0.15) is 5.56 Å². The molecule has 2 aromatic rings. The summed E-state index contributed by atoms with van der Waals surface area (Å²) in [5.41, 5.74) is 0.126. The van der Waals surface area contributed by atoms with Gasteiger partial charge in [0.2, 0.25) is 0 Å². The van der Waals surface area contributed by atoms with Crippen LogP contribution in [-0.2, 0) is 10.0 Å². The molecule has 0 radical (unpaired) electrons. The summed E-state index contributed by atoms with van der Waals surface area (Å²) in [6, 6.07) is 7.98. The van der Waals surface area contributed by atoms with Crippen LogP contribution < -0.4 is 4.31 Å². The Kier molecular flexibility index (Phi) is 3.32. The SMILES string of the molecule is CN(c1nccs1)S(=O)(=O)c1ccccc1C#N. The van der Waals surface area contributed by atoms with Crippen molar-refractivity contribution in [3.05, 3.63) is 41.4 Å². The molecule has 0 aliphatic heterocycles. The molecule has 1 aromatic heterocycles. The number of nitriles is 1. The maximum absolute atomic E-state index is 12.4. The molecule has 0 fully saturated rings. The van der Waals surface area contributed by atoms with Gasteiger partial charge in [-0.25, -0.2) is 17.7 Å². The predicted octanol–water partition coefficient (Wildman–Crippen LogP) is 1.84. The van der Waals surface area contributed by atoms with Crippen LogP contribution >= 0.6 is 11.3 Å². The Morgan fingerprint density at radius 1 is 1.39 bits per heavy atom. The number of hydrogen-bond donors (Lipinski definition) is 0. The van der Waals surface area contributed by atoms with Crippen molar-refractivity contribution in [2.24, 2.45) is 0 Å². The first-order chi connectivity index (χ1) is 8.57. The Morgan fingerprint density at radius 2 is 2.11 bits per heavy atom. The predicted molar refractivity (Wildman–Crippen MR) is 68.9 cm³/mol. The van der Waals surface area contributed by atoms with Crippen molar-refractivity contribution < 1.29 is 8.42 Å². The van der Waals surface area contributed by atoms with Gasteiger partial charge in [0.05, 0.1) is 5.56 Å². The lowest BCUT2D eigenvalue weighted by Crippen LogP contribution is -2.27. The van der Waals surface area contributed by atoms with E-state index in [2.05, 4.69) is 4.98 Å². The molecule has 2 rings (SSSR count). The number of thiazole rings is 1. The van der Waals surface area contributed by atoms with Gasteiger partial charge in [0.1, 0.15) is 11.0 Å². The molecule has 0 spiro atoms. The first kappa shape index (κ1) is 12.5. The molecule has 0 saturated heterocycles. The first-order valence-corrected chi connectivity index (χ1v) is 7.27. The molecule has 92 valence electrons. The zero-order valence-electron chi connectivity index (χ0n) is 9.44. The summed E-state index contributed by atoms with van der Waals surface area (Å²) in [4.78, 5) is 3.94. The number of nitrogens with zero attached hydrogens (tertiary/aromatic N) is 3. The maximum atomic E-state index is 12.4. The van der Waals surface area contributed by atoms with E-state index in [0.29, 0.717) is 5.13 Å². The second-order valence-corrected chi connectivity index (χ2v) is 6.21. The van der Waals surface area contributed by atoms with E-state index in [-0.39, 0.29) is 10.5 Å². The van der Waals surface area contributed by atoms with Crippen LogP contribution in [0.15, 0.2) is 40.7 Å². The van der Waals surface area contributed by atoms with Gasteiger partial charge in [-0.2, -0.15) is 5.26 Å². The van der Waals surface area contributed by atoms with Gasteiger partial charge in [-0.1, -0.05) is 12.1 Å². The van der Waals surface area contributed by atoms with Crippen LogP contribution in [0.2, 0.25) is 0 Å². The van der Waals surface area contributed by atoms with Crippen LogP contribution in [0.3, 0.4) is 0 Å². The van der Waals surface area contributed by atoms with Crippen molar-refractivity contribution >= 4 is 26.5 Å². The van der Waals surface area contributed by atoms with Gasteiger partial charge < -0.3 is 0 Å². The standard InChI is InChI=1S/C11H9N3O2S2/c1-14(11-13-6-7-17-11)18(15,16)10-5-3-2-4-9(10)8-12/h2-7H,1H3.